The minimum Gasteiger partial charge on any atom is -0.484 e. The Hall–Kier alpha value is -2.67. The minimum absolute atomic E-state index is 0.0777. The second-order valence-electron chi connectivity index (χ2n) is 6.00. The highest BCUT2D eigenvalue weighted by atomic mass is 32.2. The van der Waals surface area contributed by atoms with Crippen molar-refractivity contribution in [3.05, 3.63) is 59.7 Å². The third-order valence-electron chi connectivity index (χ3n) is 3.80. The second kappa shape index (κ2) is 8.14. The van der Waals surface area contributed by atoms with Gasteiger partial charge in [-0.05, 0) is 43.7 Å². The Bertz CT molecular complexity index is 904. The van der Waals surface area contributed by atoms with Crippen LogP contribution in [0.25, 0.3) is 0 Å². The molecule has 0 aliphatic rings. The van der Waals surface area contributed by atoms with Crippen LogP contribution < -0.4 is 10.1 Å². The molecule has 7 heteroatoms. The van der Waals surface area contributed by atoms with E-state index < -0.39 is 9.84 Å². The molecule has 0 fully saturated rings. The van der Waals surface area contributed by atoms with E-state index in [4.69, 9.17) is 4.74 Å². The number of amides is 1. The number of sulfone groups is 1. The molecule has 0 heterocycles. The van der Waals surface area contributed by atoms with E-state index in [1.54, 1.807) is 43.3 Å². The Morgan fingerprint density at radius 3 is 2.35 bits per heavy atom. The maximum absolute atomic E-state index is 12.0. The van der Waals surface area contributed by atoms with Gasteiger partial charge in [-0.15, -0.1) is 0 Å². The van der Waals surface area contributed by atoms with Crippen LogP contribution in [0.5, 0.6) is 5.75 Å². The molecule has 0 radical (unpaired) electrons. The molecule has 1 atom stereocenters. The molecule has 1 N–H and O–H groups in total. The largest absolute Gasteiger partial charge is 0.484 e. The van der Waals surface area contributed by atoms with E-state index in [1.807, 2.05) is 0 Å². The number of nitrogens with one attached hydrogen (secondary N) is 1. The number of carbonyl (C=O) groups is 2. The first-order chi connectivity index (χ1) is 12.2. The first-order valence-electron chi connectivity index (χ1n) is 8.00. The predicted molar refractivity (Wildman–Crippen MR) is 98.1 cm³/mol. The Kier molecular flexibility index (Phi) is 6.15. The molecule has 26 heavy (non-hydrogen) atoms. The Balaban J connectivity index is 1.93. The third kappa shape index (κ3) is 5.42. The summed E-state index contributed by atoms with van der Waals surface area (Å²) in [6.45, 7) is 3.07. The van der Waals surface area contributed by atoms with E-state index >= 15 is 0 Å². The summed E-state index contributed by atoms with van der Waals surface area (Å²) < 4.78 is 28.4. The fourth-order valence-electron chi connectivity index (χ4n) is 2.32. The standard InChI is InChI=1S/C19H21NO5S/c1-13(15-7-9-18(10-8-15)26(3,23)24)20-19(22)12-25-17-6-4-5-16(11-17)14(2)21/h4-11,13H,12H2,1-3H3,(H,20,22)/t13-/m0/s1. The summed E-state index contributed by atoms with van der Waals surface area (Å²) in [6.07, 6.45) is 1.14. The molecule has 0 aliphatic heterocycles. The van der Waals surface area contributed by atoms with Crippen molar-refractivity contribution in [3.8, 4) is 5.75 Å². The summed E-state index contributed by atoms with van der Waals surface area (Å²) >= 11 is 0. The van der Waals surface area contributed by atoms with Crippen LogP contribution in [0.15, 0.2) is 53.4 Å². The van der Waals surface area contributed by atoms with Crippen LogP contribution in [0.3, 0.4) is 0 Å². The van der Waals surface area contributed by atoms with Crippen molar-refractivity contribution in [1.29, 1.82) is 0 Å². The summed E-state index contributed by atoms with van der Waals surface area (Å²) in [7, 11) is -3.25. The third-order valence-corrected chi connectivity index (χ3v) is 4.92. The number of Topliss-reactive ketones (excluding diaryl/α,β-unsaturated/α-hetero) is 1. The Morgan fingerprint density at radius 2 is 1.77 bits per heavy atom. The zero-order valence-corrected chi connectivity index (χ0v) is 15.7. The highest BCUT2D eigenvalue weighted by Crippen LogP contribution is 2.17. The average Bonchev–Trinajstić information content (AvgIpc) is 2.59. The molecule has 0 saturated heterocycles. The van der Waals surface area contributed by atoms with Gasteiger partial charge in [-0.2, -0.15) is 0 Å². The molecular weight excluding hydrogens is 354 g/mol. The van der Waals surface area contributed by atoms with Gasteiger partial charge >= 0.3 is 0 Å². The molecule has 138 valence electrons. The molecule has 6 nitrogen and oxygen atoms in total. The van der Waals surface area contributed by atoms with Gasteiger partial charge in [0.25, 0.3) is 5.91 Å². The molecule has 0 spiro atoms. The van der Waals surface area contributed by atoms with Crippen LogP contribution in [-0.2, 0) is 14.6 Å². The highest BCUT2D eigenvalue weighted by molar-refractivity contribution is 7.90. The number of ketones is 1. The van der Waals surface area contributed by atoms with Crippen molar-refractivity contribution in [2.24, 2.45) is 0 Å². The molecule has 0 unspecified atom stereocenters. The summed E-state index contributed by atoms with van der Waals surface area (Å²) in [5.74, 6) is 0.0435. The lowest BCUT2D eigenvalue weighted by atomic mass is 10.1. The first kappa shape index (κ1) is 19.7. The van der Waals surface area contributed by atoms with Crippen molar-refractivity contribution < 1.29 is 22.7 Å². The van der Waals surface area contributed by atoms with Gasteiger partial charge in [0.1, 0.15) is 5.75 Å². The lowest BCUT2D eigenvalue weighted by Crippen LogP contribution is -2.31. The second-order valence-corrected chi connectivity index (χ2v) is 8.02. The summed E-state index contributed by atoms with van der Waals surface area (Å²) in [5, 5.41) is 2.78. The molecule has 0 bridgehead atoms. The SMILES string of the molecule is CC(=O)c1cccc(OCC(=O)N[C@@H](C)c2ccc(S(C)(=O)=O)cc2)c1. The number of hydrogen-bond donors (Lipinski definition) is 1. The average molecular weight is 375 g/mol. The number of carbonyl (C=O) groups excluding carboxylic acids is 2. The van der Waals surface area contributed by atoms with Crippen molar-refractivity contribution in [3.63, 3.8) is 0 Å². The predicted octanol–water partition coefficient (Wildman–Crippen LogP) is 2.55. The molecule has 0 aromatic heterocycles. The van der Waals surface area contributed by atoms with Gasteiger partial charge < -0.3 is 10.1 Å². The molecule has 2 aromatic rings. The summed E-state index contributed by atoms with van der Waals surface area (Å²) in [6, 6.07) is 12.7. The van der Waals surface area contributed by atoms with Gasteiger partial charge in [-0.25, -0.2) is 8.42 Å². The van der Waals surface area contributed by atoms with E-state index in [9.17, 15) is 18.0 Å². The van der Waals surface area contributed by atoms with Gasteiger partial charge in [0.15, 0.2) is 22.2 Å². The fraction of sp³-hybridized carbons (Fsp3) is 0.263. The lowest BCUT2D eigenvalue weighted by Gasteiger charge is -2.15. The Morgan fingerprint density at radius 1 is 1.12 bits per heavy atom. The highest BCUT2D eigenvalue weighted by Gasteiger charge is 2.12. The number of ether oxygens (including phenoxy) is 1. The summed E-state index contributed by atoms with van der Waals surface area (Å²) in [4.78, 5) is 23.6. The topological polar surface area (TPSA) is 89.5 Å². The van der Waals surface area contributed by atoms with E-state index in [2.05, 4.69) is 5.32 Å². The number of rotatable bonds is 7. The number of benzene rings is 2. The lowest BCUT2D eigenvalue weighted by molar-refractivity contribution is -0.123. The molecule has 1 amide bonds. The minimum atomic E-state index is -3.25. The van der Waals surface area contributed by atoms with E-state index in [1.165, 1.54) is 19.1 Å². The van der Waals surface area contributed by atoms with Crippen molar-refractivity contribution >= 4 is 21.5 Å². The van der Waals surface area contributed by atoms with Gasteiger partial charge in [0.2, 0.25) is 0 Å². The molecule has 2 rings (SSSR count). The van der Waals surface area contributed by atoms with Crippen molar-refractivity contribution in [1.82, 2.24) is 5.32 Å². The van der Waals surface area contributed by atoms with E-state index in [0.29, 0.717) is 11.3 Å². The van der Waals surface area contributed by atoms with Crippen LogP contribution >= 0.6 is 0 Å². The molecule has 0 saturated carbocycles. The maximum Gasteiger partial charge on any atom is 0.258 e. The number of hydrogen-bond acceptors (Lipinski definition) is 5. The van der Waals surface area contributed by atoms with Gasteiger partial charge in [-0.3, -0.25) is 9.59 Å². The summed E-state index contributed by atoms with van der Waals surface area (Å²) in [5.41, 5.74) is 1.30. The van der Waals surface area contributed by atoms with Crippen LogP contribution in [0.1, 0.15) is 35.8 Å². The molecule has 2 aromatic carbocycles. The van der Waals surface area contributed by atoms with Gasteiger partial charge in [-0.1, -0.05) is 24.3 Å². The van der Waals surface area contributed by atoms with Crippen molar-refractivity contribution in [2.45, 2.75) is 24.8 Å². The fourth-order valence-corrected chi connectivity index (χ4v) is 2.95. The smallest absolute Gasteiger partial charge is 0.258 e. The van der Waals surface area contributed by atoms with Crippen LogP contribution in [-0.4, -0.2) is 33.0 Å². The molecule has 0 aliphatic carbocycles. The van der Waals surface area contributed by atoms with E-state index in [0.717, 1.165) is 11.8 Å². The van der Waals surface area contributed by atoms with E-state index in [-0.39, 0.29) is 29.2 Å². The first-order valence-corrected chi connectivity index (χ1v) is 9.89. The van der Waals surface area contributed by atoms with Crippen molar-refractivity contribution in [2.75, 3.05) is 12.9 Å². The molecular formula is C19H21NO5S. The zero-order chi connectivity index (χ0) is 19.3. The van der Waals surface area contributed by atoms with Crippen LogP contribution in [0.2, 0.25) is 0 Å². The monoisotopic (exact) mass is 375 g/mol. The zero-order valence-electron chi connectivity index (χ0n) is 14.9. The van der Waals surface area contributed by atoms with Crippen LogP contribution in [0, 0.1) is 0 Å². The normalized spacial score (nSPS) is 12.3. The maximum atomic E-state index is 12.0. The quantitative estimate of drug-likeness (QED) is 0.751. The van der Waals surface area contributed by atoms with Crippen LogP contribution in [0.4, 0.5) is 0 Å². The Labute approximate surface area is 153 Å². The van der Waals surface area contributed by atoms with Gasteiger partial charge in [0.05, 0.1) is 10.9 Å². The van der Waals surface area contributed by atoms with Gasteiger partial charge in [0, 0.05) is 11.8 Å².